The van der Waals surface area contributed by atoms with Crippen LogP contribution in [-0.2, 0) is 12.8 Å². The number of hydrogen-bond acceptors (Lipinski definition) is 0. The quantitative estimate of drug-likeness (QED) is 0.561. The predicted octanol–water partition coefficient (Wildman–Crippen LogP) is 5.50. The number of hydrogen-bond donors (Lipinski definition) is 0. The second kappa shape index (κ2) is 7.21. The van der Waals surface area contributed by atoms with E-state index in [2.05, 4.69) is 24.3 Å². The first-order valence-electron chi connectivity index (χ1n) is 6.20. The fourth-order valence-electron chi connectivity index (χ4n) is 2.10. The first-order chi connectivity index (χ1) is 9.05. The molecule has 0 saturated heterocycles. The van der Waals surface area contributed by atoms with E-state index in [9.17, 15) is 0 Å². The Kier molecular flexibility index (Phi) is 5.88. The van der Waals surface area contributed by atoms with Crippen LogP contribution in [0.15, 0.2) is 60.7 Å². The Morgan fingerprint density at radius 1 is 0.684 bits per heavy atom. The summed E-state index contributed by atoms with van der Waals surface area (Å²) < 4.78 is 0.170. The summed E-state index contributed by atoms with van der Waals surface area (Å²) in [7, 11) is 19.0. The second-order valence-electron chi connectivity index (χ2n) is 4.62. The summed E-state index contributed by atoms with van der Waals surface area (Å²) in [5.41, 5.74) is 2.48. The van der Waals surface area contributed by atoms with E-state index in [1.807, 2.05) is 36.4 Å². The monoisotopic (exact) mass is 420 g/mol. The molecule has 0 heterocycles. The molecule has 0 aliphatic carbocycles. The van der Waals surface area contributed by atoms with Gasteiger partial charge in [0.1, 0.15) is 0 Å². The summed E-state index contributed by atoms with van der Waals surface area (Å²) in [6.07, 6.45) is 1.70. The summed E-state index contributed by atoms with van der Waals surface area (Å²) in [5.74, 6) is 0. The van der Waals surface area contributed by atoms with Crippen molar-refractivity contribution in [1.82, 2.24) is 0 Å². The molecule has 0 atom stereocenters. The minimum atomic E-state index is -3.49. The molecule has 19 heavy (non-hydrogen) atoms. The van der Waals surface area contributed by atoms with E-state index >= 15 is 0 Å². The summed E-state index contributed by atoms with van der Waals surface area (Å²) >= 11 is -3.49. The Balaban J connectivity index is 2.13. The molecule has 0 nitrogen and oxygen atoms in total. The Morgan fingerprint density at radius 3 is 1.37 bits per heavy atom. The Hall–Kier alpha value is 0.109. The molecule has 100 valence electrons. The van der Waals surface area contributed by atoms with Crippen LogP contribution >= 0.6 is 26.8 Å². The predicted molar refractivity (Wildman–Crippen MR) is 87.4 cm³/mol. The molecule has 0 unspecified atom stereocenters. The van der Waals surface area contributed by atoms with Gasteiger partial charge in [-0.15, -0.1) is 0 Å². The van der Waals surface area contributed by atoms with E-state index in [1.54, 1.807) is 0 Å². The van der Waals surface area contributed by atoms with Gasteiger partial charge in [-0.25, -0.2) is 0 Å². The third kappa shape index (κ3) is 5.18. The molecule has 2 rings (SSSR count). The van der Waals surface area contributed by atoms with Crippen LogP contribution in [0.5, 0.6) is 0 Å². The Bertz CT molecular complexity index is 452. The van der Waals surface area contributed by atoms with Crippen molar-refractivity contribution in [3.05, 3.63) is 71.8 Å². The molecule has 4 heteroatoms. The van der Waals surface area contributed by atoms with E-state index in [4.69, 9.17) is 26.8 Å². The fraction of sp³-hybridized carbons (Fsp3) is 0.200. The van der Waals surface area contributed by atoms with Gasteiger partial charge in [0.05, 0.1) is 0 Å². The van der Waals surface area contributed by atoms with E-state index in [0.29, 0.717) is 0 Å². The number of rotatable bonds is 5. The van der Waals surface area contributed by atoms with E-state index in [1.165, 1.54) is 11.1 Å². The molecular weight excluding hydrogens is 405 g/mol. The summed E-state index contributed by atoms with van der Waals surface area (Å²) in [6, 6.07) is 20.5. The van der Waals surface area contributed by atoms with Crippen LogP contribution in [0.2, 0.25) is 3.93 Å². The van der Waals surface area contributed by atoms with Gasteiger partial charge in [-0.1, -0.05) is 0 Å². The average Bonchev–Trinajstić information content (AvgIpc) is 2.39. The summed E-state index contributed by atoms with van der Waals surface area (Å²) in [5, 5.41) is 0. The van der Waals surface area contributed by atoms with Crippen molar-refractivity contribution in [2.45, 2.75) is 16.8 Å². The average molecular weight is 420 g/mol. The standard InChI is InChI=1S/C15H15.3ClH.Sn/c1-3-8-14(9-4-1)12-7-13-15-10-5-2-6-11-15;;;;/h1-11H,12-13H2;3*1H;/q;;;;+3/p-3. The summed E-state index contributed by atoms with van der Waals surface area (Å²) in [6.45, 7) is 0. The van der Waals surface area contributed by atoms with Crippen LogP contribution in [0, 0.1) is 0 Å². The Labute approximate surface area is 129 Å². The van der Waals surface area contributed by atoms with Crippen LogP contribution in [0.3, 0.4) is 0 Å². The Morgan fingerprint density at radius 2 is 1.05 bits per heavy atom. The van der Waals surface area contributed by atoms with Crippen molar-refractivity contribution in [2.75, 3.05) is 0 Å². The molecule has 0 amide bonds. The van der Waals surface area contributed by atoms with Gasteiger partial charge in [-0.3, -0.25) is 0 Å². The molecule has 0 aliphatic rings. The van der Waals surface area contributed by atoms with Gasteiger partial charge in [0.25, 0.3) is 0 Å². The van der Waals surface area contributed by atoms with Crippen LogP contribution in [0.1, 0.15) is 11.1 Å². The molecular formula is C15H15Cl3Sn. The van der Waals surface area contributed by atoms with Gasteiger partial charge in [0.15, 0.2) is 0 Å². The van der Waals surface area contributed by atoms with E-state index in [-0.39, 0.29) is 3.93 Å². The van der Waals surface area contributed by atoms with E-state index in [0.717, 1.165) is 12.8 Å². The third-order valence-electron chi connectivity index (χ3n) is 3.11. The molecule has 0 N–H and O–H groups in total. The van der Waals surface area contributed by atoms with Crippen molar-refractivity contribution < 1.29 is 0 Å². The topological polar surface area (TPSA) is 0 Å². The normalized spacial score (nSPS) is 11.8. The SMILES string of the molecule is [Cl][Sn]([Cl])([Cl])[CH](Cc1ccccc1)Cc1ccccc1. The summed E-state index contributed by atoms with van der Waals surface area (Å²) in [4.78, 5) is 0. The molecule has 0 saturated carbocycles. The van der Waals surface area contributed by atoms with Gasteiger partial charge in [0.2, 0.25) is 0 Å². The van der Waals surface area contributed by atoms with Crippen molar-refractivity contribution >= 4 is 41.8 Å². The maximum atomic E-state index is 6.34. The van der Waals surface area contributed by atoms with Gasteiger partial charge >= 0.3 is 130 Å². The molecule has 0 radical (unpaired) electrons. The second-order valence-corrected chi connectivity index (χ2v) is 25.9. The molecule has 0 aromatic heterocycles. The zero-order valence-corrected chi connectivity index (χ0v) is 15.5. The van der Waals surface area contributed by atoms with Gasteiger partial charge < -0.3 is 0 Å². The van der Waals surface area contributed by atoms with E-state index < -0.39 is 15.0 Å². The molecule has 0 bridgehead atoms. The molecule has 0 aliphatic heterocycles. The van der Waals surface area contributed by atoms with Crippen molar-refractivity contribution in [1.29, 1.82) is 0 Å². The van der Waals surface area contributed by atoms with Crippen LogP contribution < -0.4 is 0 Å². The van der Waals surface area contributed by atoms with Crippen molar-refractivity contribution in [3.8, 4) is 0 Å². The van der Waals surface area contributed by atoms with Gasteiger partial charge in [0, 0.05) is 0 Å². The van der Waals surface area contributed by atoms with Gasteiger partial charge in [-0.2, -0.15) is 0 Å². The van der Waals surface area contributed by atoms with Gasteiger partial charge in [-0.05, 0) is 0 Å². The minimum absolute atomic E-state index is 0.170. The fourth-order valence-corrected chi connectivity index (χ4v) is 7.87. The first kappa shape index (κ1) is 15.5. The maximum absolute atomic E-state index is 6.34. The number of benzene rings is 2. The van der Waals surface area contributed by atoms with Crippen LogP contribution in [0.25, 0.3) is 0 Å². The third-order valence-corrected chi connectivity index (χ3v) is 13.1. The first-order valence-corrected chi connectivity index (χ1v) is 18.7. The molecule has 2 aromatic carbocycles. The zero-order chi connectivity index (χ0) is 13.7. The molecule has 0 fully saturated rings. The molecule has 0 spiro atoms. The zero-order valence-electron chi connectivity index (χ0n) is 10.4. The molecule has 2 aromatic rings. The van der Waals surface area contributed by atoms with Crippen LogP contribution in [-0.4, -0.2) is 15.0 Å². The van der Waals surface area contributed by atoms with Crippen molar-refractivity contribution in [3.63, 3.8) is 0 Å². The van der Waals surface area contributed by atoms with Crippen LogP contribution in [0.4, 0.5) is 0 Å². The van der Waals surface area contributed by atoms with Crippen molar-refractivity contribution in [2.24, 2.45) is 0 Å². The number of halogens is 3.